The lowest BCUT2D eigenvalue weighted by Crippen LogP contribution is -2.31. The number of carbonyl (C=O) groups is 2. The van der Waals surface area contributed by atoms with Crippen molar-refractivity contribution in [2.75, 3.05) is 11.4 Å². The van der Waals surface area contributed by atoms with Gasteiger partial charge in [-0.3, -0.25) is 9.59 Å². The molecule has 1 aliphatic heterocycles. The average Bonchev–Trinajstić information content (AvgIpc) is 3.08. The fraction of sp³-hybridized carbons (Fsp3) is 0.250. The summed E-state index contributed by atoms with van der Waals surface area (Å²) in [5.74, 6) is -1.59. The topological polar surface area (TPSA) is 57.6 Å². The predicted octanol–water partition coefficient (Wildman–Crippen LogP) is 3.55. The van der Waals surface area contributed by atoms with E-state index in [4.69, 9.17) is 11.6 Å². The average molecular weight is 336 g/mol. The van der Waals surface area contributed by atoms with Crippen LogP contribution in [0.2, 0.25) is 4.34 Å². The minimum atomic E-state index is -0.896. The maximum absolute atomic E-state index is 12.5. The molecule has 1 aromatic carbocycles. The van der Waals surface area contributed by atoms with Crippen molar-refractivity contribution >= 4 is 40.5 Å². The van der Waals surface area contributed by atoms with Crippen LogP contribution in [0, 0.1) is 0 Å². The first kappa shape index (κ1) is 15.1. The minimum Gasteiger partial charge on any atom is -0.481 e. The van der Waals surface area contributed by atoms with E-state index in [1.165, 1.54) is 11.3 Å². The van der Waals surface area contributed by atoms with Crippen molar-refractivity contribution in [3.05, 3.63) is 51.2 Å². The largest absolute Gasteiger partial charge is 0.481 e. The molecule has 1 atom stereocenters. The third-order valence-corrected chi connectivity index (χ3v) is 5.07. The lowest BCUT2D eigenvalue weighted by molar-refractivity contribution is -0.138. The number of nitrogens with zero attached hydrogens (tertiary/aromatic N) is 1. The molecule has 1 aromatic heterocycles. The molecule has 2 heterocycles. The Labute approximate surface area is 136 Å². The van der Waals surface area contributed by atoms with E-state index in [1.54, 1.807) is 23.1 Å². The van der Waals surface area contributed by atoms with E-state index in [-0.39, 0.29) is 12.5 Å². The van der Waals surface area contributed by atoms with E-state index in [9.17, 15) is 14.7 Å². The van der Waals surface area contributed by atoms with Crippen molar-refractivity contribution in [3.8, 4) is 0 Å². The standard InChI is InChI=1S/C16H14ClNO3S/c17-14-7-5-10(22-14)6-8-15(19)18-9-12(16(20)21)11-3-1-2-4-13(11)18/h1-5,7,12H,6,8-9H2,(H,20,21). The number of carboxylic acids is 1. The van der Waals surface area contributed by atoms with Crippen LogP contribution in [0.4, 0.5) is 5.69 Å². The van der Waals surface area contributed by atoms with Crippen molar-refractivity contribution < 1.29 is 14.7 Å². The van der Waals surface area contributed by atoms with Gasteiger partial charge in [0.05, 0.1) is 4.34 Å². The van der Waals surface area contributed by atoms with Crippen LogP contribution < -0.4 is 4.90 Å². The molecule has 22 heavy (non-hydrogen) atoms. The Hall–Kier alpha value is -1.85. The Morgan fingerprint density at radius 1 is 1.27 bits per heavy atom. The number of aliphatic carboxylic acids is 1. The van der Waals surface area contributed by atoms with Gasteiger partial charge in [-0.25, -0.2) is 0 Å². The molecule has 4 nitrogen and oxygen atoms in total. The summed E-state index contributed by atoms with van der Waals surface area (Å²) < 4.78 is 0.708. The summed E-state index contributed by atoms with van der Waals surface area (Å²) in [4.78, 5) is 26.5. The molecule has 0 spiro atoms. The van der Waals surface area contributed by atoms with Gasteiger partial charge < -0.3 is 10.0 Å². The summed E-state index contributed by atoms with van der Waals surface area (Å²) in [7, 11) is 0. The third kappa shape index (κ3) is 2.87. The zero-order valence-corrected chi connectivity index (χ0v) is 13.2. The highest BCUT2D eigenvalue weighted by atomic mass is 35.5. The minimum absolute atomic E-state index is 0.0549. The predicted molar refractivity (Wildman–Crippen MR) is 86.8 cm³/mol. The number of carbonyl (C=O) groups excluding carboxylic acids is 1. The number of carboxylic acid groups (broad SMARTS) is 1. The second-order valence-electron chi connectivity index (χ2n) is 5.16. The number of amides is 1. The number of hydrogen-bond acceptors (Lipinski definition) is 3. The van der Waals surface area contributed by atoms with Crippen molar-refractivity contribution in [2.24, 2.45) is 0 Å². The Bertz CT molecular complexity index is 728. The summed E-state index contributed by atoms with van der Waals surface area (Å²) in [6, 6.07) is 10.9. The molecule has 0 bridgehead atoms. The van der Waals surface area contributed by atoms with Crippen LogP contribution in [0.1, 0.15) is 22.8 Å². The van der Waals surface area contributed by atoms with Crippen LogP contribution in [0.5, 0.6) is 0 Å². The van der Waals surface area contributed by atoms with E-state index < -0.39 is 11.9 Å². The van der Waals surface area contributed by atoms with Crippen LogP contribution in [-0.4, -0.2) is 23.5 Å². The van der Waals surface area contributed by atoms with E-state index >= 15 is 0 Å². The smallest absolute Gasteiger partial charge is 0.312 e. The van der Waals surface area contributed by atoms with Gasteiger partial charge in [-0.1, -0.05) is 29.8 Å². The van der Waals surface area contributed by atoms with Gasteiger partial charge in [0.1, 0.15) is 5.92 Å². The second kappa shape index (κ2) is 6.10. The zero-order valence-electron chi connectivity index (χ0n) is 11.7. The van der Waals surface area contributed by atoms with Crippen molar-refractivity contribution in [1.82, 2.24) is 0 Å². The highest BCUT2D eigenvalue weighted by molar-refractivity contribution is 7.16. The summed E-state index contributed by atoms with van der Waals surface area (Å²) in [5, 5.41) is 9.32. The Balaban J connectivity index is 1.74. The van der Waals surface area contributed by atoms with E-state index in [1.807, 2.05) is 18.2 Å². The zero-order chi connectivity index (χ0) is 15.7. The Morgan fingerprint density at radius 3 is 2.73 bits per heavy atom. The Morgan fingerprint density at radius 2 is 2.05 bits per heavy atom. The number of hydrogen-bond donors (Lipinski definition) is 1. The van der Waals surface area contributed by atoms with Gasteiger partial charge in [0.25, 0.3) is 0 Å². The number of thiophene rings is 1. The molecule has 114 valence electrons. The molecule has 2 aromatic rings. The van der Waals surface area contributed by atoms with Crippen LogP contribution in [0.25, 0.3) is 0 Å². The summed E-state index contributed by atoms with van der Waals surface area (Å²) in [6.07, 6.45) is 0.962. The van der Waals surface area contributed by atoms with Gasteiger partial charge in [-0.15, -0.1) is 11.3 Å². The lowest BCUT2D eigenvalue weighted by Gasteiger charge is -2.17. The number of anilines is 1. The molecule has 1 amide bonds. The summed E-state index contributed by atoms with van der Waals surface area (Å²) >= 11 is 7.35. The first-order valence-electron chi connectivity index (χ1n) is 6.92. The SMILES string of the molecule is O=C(O)C1CN(C(=O)CCc2ccc(Cl)s2)c2ccccc21. The third-order valence-electron chi connectivity index (χ3n) is 3.78. The molecule has 0 saturated heterocycles. The summed E-state index contributed by atoms with van der Waals surface area (Å²) in [5.41, 5.74) is 1.42. The molecule has 1 N–H and O–H groups in total. The molecule has 3 rings (SSSR count). The molecular formula is C16H14ClNO3S. The maximum Gasteiger partial charge on any atom is 0.312 e. The number of para-hydroxylation sites is 1. The van der Waals surface area contributed by atoms with Crippen LogP contribution in [0.3, 0.4) is 0 Å². The van der Waals surface area contributed by atoms with Crippen LogP contribution in [0.15, 0.2) is 36.4 Å². The number of rotatable bonds is 4. The second-order valence-corrected chi connectivity index (χ2v) is 6.96. The molecule has 1 aliphatic rings. The first-order chi connectivity index (χ1) is 10.6. The number of aryl methyl sites for hydroxylation is 1. The highest BCUT2D eigenvalue weighted by Gasteiger charge is 2.35. The fourth-order valence-corrected chi connectivity index (χ4v) is 3.79. The quantitative estimate of drug-likeness (QED) is 0.929. The lowest BCUT2D eigenvalue weighted by atomic mass is 10.0. The van der Waals surface area contributed by atoms with Gasteiger partial charge >= 0.3 is 5.97 Å². The fourth-order valence-electron chi connectivity index (χ4n) is 2.71. The highest BCUT2D eigenvalue weighted by Crippen LogP contribution is 2.36. The molecule has 1 unspecified atom stereocenters. The summed E-state index contributed by atoms with van der Waals surface area (Å²) in [6.45, 7) is 0.207. The van der Waals surface area contributed by atoms with Gasteiger partial charge in [0.2, 0.25) is 5.91 Å². The van der Waals surface area contributed by atoms with E-state index in [0.717, 1.165) is 4.88 Å². The molecule has 6 heteroatoms. The maximum atomic E-state index is 12.5. The normalized spacial score (nSPS) is 16.6. The molecule has 0 aliphatic carbocycles. The van der Waals surface area contributed by atoms with E-state index in [0.29, 0.717) is 28.4 Å². The molecule has 0 saturated carbocycles. The van der Waals surface area contributed by atoms with Gasteiger partial charge in [-0.2, -0.15) is 0 Å². The van der Waals surface area contributed by atoms with Crippen molar-refractivity contribution in [1.29, 1.82) is 0 Å². The molecule has 0 fully saturated rings. The van der Waals surface area contributed by atoms with Crippen molar-refractivity contribution in [3.63, 3.8) is 0 Å². The number of fused-ring (bicyclic) bond motifs is 1. The van der Waals surface area contributed by atoms with Crippen LogP contribution in [-0.2, 0) is 16.0 Å². The number of benzene rings is 1. The van der Waals surface area contributed by atoms with Gasteiger partial charge in [0, 0.05) is 23.5 Å². The molecular weight excluding hydrogens is 322 g/mol. The number of halogens is 1. The van der Waals surface area contributed by atoms with Gasteiger partial charge in [0.15, 0.2) is 0 Å². The van der Waals surface area contributed by atoms with Gasteiger partial charge in [-0.05, 0) is 30.2 Å². The Kier molecular flexibility index (Phi) is 4.18. The van der Waals surface area contributed by atoms with E-state index in [2.05, 4.69) is 0 Å². The monoisotopic (exact) mass is 335 g/mol. The molecule has 0 radical (unpaired) electrons. The van der Waals surface area contributed by atoms with Crippen LogP contribution >= 0.6 is 22.9 Å². The first-order valence-corrected chi connectivity index (χ1v) is 8.12. The van der Waals surface area contributed by atoms with Crippen molar-refractivity contribution in [2.45, 2.75) is 18.8 Å².